The van der Waals surface area contributed by atoms with Gasteiger partial charge in [0.05, 0.1) is 17.3 Å². The van der Waals surface area contributed by atoms with Crippen LogP contribution in [0.2, 0.25) is 0 Å². The van der Waals surface area contributed by atoms with Gasteiger partial charge in [0.1, 0.15) is 5.82 Å². The maximum absolute atomic E-state index is 13.8. The van der Waals surface area contributed by atoms with E-state index in [1.165, 1.54) is 6.07 Å². The lowest BCUT2D eigenvalue weighted by atomic mass is 10.1. The normalized spacial score (nSPS) is 9.95. The van der Waals surface area contributed by atoms with Gasteiger partial charge < -0.3 is 4.90 Å². The van der Waals surface area contributed by atoms with Gasteiger partial charge in [-0.15, -0.1) is 0 Å². The first-order valence-corrected chi connectivity index (χ1v) is 6.23. The number of halogens is 1. The van der Waals surface area contributed by atoms with Crippen LogP contribution in [0.25, 0.3) is 0 Å². The van der Waals surface area contributed by atoms with E-state index in [1.54, 1.807) is 18.2 Å². The summed E-state index contributed by atoms with van der Waals surface area (Å²) in [4.78, 5) is 1.92. The van der Waals surface area contributed by atoms with Crippen molar-refractivity contribution in [1.82, 2.24) is 0 Å². The molecule has 0 N–H and O–H groups in total. The quantitative estimate of drug-likeness (QED) is 0.831. The van der Waals surface area contributed by atoms with Crippen LogP contribution in [0.3, 0.4) is 0 Å². The van der Waals surface area contributed by atoms with Crippen LogP contribution in [0.15, 0.2) is 48.5 Å². The summed E-state index contributed by atoms with van der Waals surface area (Å²) in [5, 5.41) is 9.09. The van der Waals surface area contributed by atoms with Crippen LogP contribution >= 0.6 is 0 Å². The number of nitrogens with zero attached hydrogens (tertiary/aromatic N) is 2. The number of benzene rings is 2. The van der Waals surface area contributed by atoms with Gasteiger partial charge in [0.2, 0.25) is 0 Å². The molecule has 0 aliphatic rings. The van der Waals surface area contributed by atoms with Gasteiger partial charge in [0.15, 0.2) is 0 Å². The fourth-order valence-corrected chi connectivity index (χ4v) is 2.05. The Morgan fingerprint density at radius 2 is 1.79 bits per heavy atom. The van der Waals surface area contributed by atoms with Gasteiger partial charge in [-0.25, -0.2) is 4.39 Å². The molecule has 0 heterocycles. The Bertz CT molecular complexity index is 602. The summed E-state index contributed by atoms with van der Waals surface area (Å²) in [5.41, 5.74) is 2.12. The molecule has 2 aromatic rings. The molecule has 3 heteroatoms. The van der Waals surface area contributed by atoms with Gasteiger partial charge in [-0.1, -0.05) is 30.3 Å². The van der Waals surface area contributed by atoms with Crippen molar-refractivity contribution in [2.24, 2.45) is 0 Å². The number of hydrogen-bond acceptors (Lipinski definition) is 2. The van der Waals surface area contributed by atoms with E-state index in [0.29, 0.717) is 24.3 Å². The van der Waals surface area contributed by atoms with Crippen molar-refractivity contribution in [3.63, 3.8) is 0 Å². The molecule has 0 aliphatic carbocycles. The summed E-state index contributed by atoms with van der Waals surface area (Å²) in [6.07, 6.45) is 0. The molecule has 0 unspecified atom stereocenters. The fraction of sp³-hybridized carbons (Fsp3) is 0.188. The summed E-state index contributed by atoms with van der Waals surface area (Å²) in [6.45, 7) is 3.18. The van der Waals surface area contributed by atoms with Crippen LogP contribution < -0.4 is 4.90 Å². The van der Waals surface area contributed by atoms with Gasteiger partial charge in [0.25, 0.3) is 0 Å². The monoisotopic (exact) mass is 254 g/mol. The van der Waals surface area contributed by atoms with Crippen molar-refractivity contribution in [2.45, 2.75) is 13.5 Å². The lowest BCUT2D eigenvalue weighted by molar-refractivity contribution is 0.618. The number of anilines is 1. The first-order valence-electron chi connectivity index (χ1n) is 6.23. The summed E-state index contributed by atoms with van der Waals surface area (Å²) in [5.74, 6) is -0.237. The minimum Gasteiger partial charge on any atom is -0.365 e. The standard InChI is InChI=1S/C16H15FN2/c1-2-19(16-10-6-5-9-15(16)17)12-14-8-4-3-7-13(14)11-18/h3-10H,2,12H2,1H3. The average Bonchev–Trinajstić information content (AvgIpc) is 2.46. The van der Waals surface area contributed by atoms with Gasteiger partial charge in [-0.2, -0.15) is 5.26 Å². The molecule has 0 aromatic heterocycles. The third-order valence-electron chi connectivity index (χ3n) is 3.07. The zero-order chi connectivity index (χ0) is 13.7. The highest BCUT2D eigenvalue weighted by atomic mass is 19.1. The zero-order valence-corrected chi connectivity index (χ0v) is 10.8. The molecule has 0 bridgehead atoms. The van der Waals surface area contributed by atoms with E-state index in [4.69, 9.17) is 5.26 Å². The minimum atomic E-state index is -0.237. The Labute approximate surface area is 112 Å². The van der Waals surface area contributed by atoms with E-state index in [1.807, 2.05) is 36.1 Å². The molecule has 0 aliphatic heterocycles. The molecule has 0 saturated heterocycles. The molecule has 2 rings (SSSR count). The average molecular weight is 254 g/mol. The number of hydrogen-bond donors (Lipinski definition) is 0. The SMILES string of the molecule is CCN(Cc1ccccc1C#N)c1ccccc1F. The molecule has 2 nitrogen and oxygen atoms in total. The first-order chi connectivity index (χ1) is 9.26. The van der Waals surface area contributed by atoms with Crippen LogP contribution in [-0.2, 0) is 6.54 Å². The molecular formula is C16H15FN2. The second-order valence-corrected chi connectivity index (χ2v) is 4.23. The summed E-state index contributed by atoms with van der Waals surface area (Å²) < 4.78 is 13.8. The minimum absolute atomic E-state index is 0.237. The van der Waals surface area contributed by atoms with E-state index in [9.17, 15) is 4.39 Å². The van der Waals surface area contributed by atoms with Crippen molar-refractivity contribution >= 4 is 5.69 Å². The van der Waals surface area contributed by atoms with Gasteiger partial charge >= 0.3 is 0 Å². The topological polar surface area (TPSA) is 27.0 Å². The van der Waals surface area contributed by atoms with Crippen LogP contribution in [-0.4, -0.2) is 6.54 Å². The molecule has 0 spiro atoms. The Kier molecular flexibility index (Phi) is 4.15. The highest BCUT2D eigenvalue weighted by Crippen LogP contribution is 2.21. The highest BCUT2D eigenvalue weighted by molar-refractivity contribution is 5.49. The lowest BCUT2D eigenvalue weighted by Gasteiger charge is -2.24. The third kappa shape index (κ3) is 2.92. The van der Waals surface area contributed by atoms with Crippen molar-refractivity contribution < 1.29 is 4.39 Å². The van der Waals surface area contributed by atoms with Crippen molar-refractivity contribution in [1.29, 1.82) is 5.26 Å². The maximum Gasteiger partial charge on any atom is 0.146 e. The molecule has 0 amide bonds. The number of rotatable bonds is 4. The smallest absolute Gasteiger partial charge is 0.146 e. The first kappa shape index (κ1) is 13.1. The summed E-state index contributed by atoms with van der Waals surface area (Å²) in [6, 6.07) is 16.3. The van der Waals surface area contributed by atoms with E-state index in [-0.39, 0.29) is 5.82 Å². The van der Waals surface area contributed by atoms with Crippen molar-refractivity contribution in [3.8, 4) is 6.07 Å². The van der Waals surface area contributed by atoms with Gasteiger partial charge in [-0.3, -0.25) is 0 Å². The van der Waals surface area contributed by atoms with E-state index >= 15 is 0 Å². The molecule has 19 heavy (non-hydrogen) atoms. The molecule has 0 saturated carbocycles. The van der Waals surface area contributed by atoms with Crippen molar-refractivity contribution in [3.05, 3.63) is 65.5 Å². The van der Waals surface area contributed by atoms with Crippen molar-refractivity contribution in [2.75, 3.05) is 11.4 Å². The van der Waals surface area contributed by atoms with Crippen LogP contribution in [0.4, 0.5) is 10.1 Å². The largest absolute Gasteiger partial charge is 0.365 e. The van der Waals surface area contributed by atoms with Crippen LogP contribution in [0.1, 0.15) is 18.1 Å². The van der Waals surface area contributed by atoms with Crippen LogP contribution in [0, 0.1) is 17.1 Å². The fourth-order valence-electron chi connectivity index (χ4n) is 2.05. The van der Waals surface area contributed by atoms with Gasteiger partial charge in [0, 0.05) is 13.1 Å². The molecular weight excluding hydrogens is 239 g/mol. The second-order valence-electron chi connectivity index (χ2n) is 4.23. The Balaban J connectivity index is 2.30. The second kappa shape index (κ2) is 6.01. The Hall–Kier alpha value is -2.34. The summed E-state index contributed by atoms with van der Waals surface area (Å²) in [7, 11) is 0. The Morgan fingerprint density at radius 3 is 2.47 bits per heavy atom. The molecule has 0 radical (unpaired) electrons. The molecule has 0 fully saturated rings. The predicted molar refractivity (Wildman–Crippen MR) is 74.3 cm³/mol. The van der Waals surface area contributed by atoms with Crippen LogP contribution in [0.5, 0.6) is 0 Å². The van der Waals surface area contributed by atoms with Gasteiger partial charge in [-0.05, 0) is 30.7 Å². The van der Waals surface area contributed by atoms with E-state index in [0.717, 1.165) is 5.56 Å². The van der Waals surface area contributed by atoms with E-state index in [2.05, 4.69) is 6.07 Å². The molecule has 96 valence electrons. The summed E-state index contributed by atoms with van der Waals surface area (Å²) >= 11 is 0. The zero-order valence-electron chi connectivity index (χ0n) is 10.8. The predicted octanol–water partition coefficient (Wildman–Crippen LogP) is 3.72. The molecule has 0 atom stereocenters. The molecule has 2 aromatic carbocycles. The van der Waals surface area contributed by atoms with E-state index < -0.39 is 0 Å². The number of nitriles is 1. The maximum atomic E-state index is 13.8. The number of para-hydroxylation sites is 1. The lowest BCUT2D eigenvalue weighted by Crippen LogP contribution is -2.23. The Morgan fingerprint density at radius 1 is 1.11 bits per heavy atom. The highest BCUT2D eigenvalue weighted by Gasteiger charge is 2.11. The third-order valence-corrected chi connectivity index (χ3v) is 3.07.